The number of hydrogen-bond donors (Lipinski definition) is 1. The van der Waals surface area contributed by atoms with E-state index < -0.39 is 11.9 Å². The van der Waals surface area contributed by atoms with Crippen molar-refractivity contribution in [3.8, 4) is 5.75 Å². The normalized spacial score (nSPS) is 13.8. The number of ether oxygens (including phenoxy) is 2. The van der Waals surface area contributed by atoms with Crippen LogP contribution in [0.1, 0.15) is 6.92 Å². The standard InChI is InChI=1S/C15H18N2O5S/c1-2-21-12-5-3-11(4-6-12)16-13(18)10-22-14(19)9-17-7-8-23-15(17)20/h3-6H,2,7-10H2,1H3,(H,16,18). The second kappa shape index (κ2) is 8.42. The van der Waals surface area contributed by atoms with E-state index in [0.717, 1.165) is 0 Å². The molecule has 1 heterocycles. The van der Waals surface area contributed by atoms with Gasteiger partial charge < -0.3 is 19.7 Å². The third kappa shape index (κ3) is 5.48. The lowest BCUT2D eigenvalue weighted by Gasteiger charge is -2.13. The van der Waals surface area contributed by atoms with Crippen molar-refractivity contribution in [2.45, 2.75) is 6.92 Å². The molecule has 0 aliphatic carbocycles. The predicted octanol–water partition coefficient (Wildman–Crippen LogP) is 1.74. The maximum absolute atomic E-state index is 11.7. The van der Waals surface area contributed by atoms with Crippen molar-refractivity contribution in [1.29, 1.82) is 0 Å². The lowest BCUT2D eigenvalue weighted by molar-refractivity contribution is -0.147. The number of amides is 2. The summed E-state index contributed by atoms with van der Waals surface area (Å²) in [6, 6.07) is 6.87. The molecular weight excluding hydrogens is 320 g/mol. The Hall–Kier alpha value is -2.22. The number of carbonyl (C=O) groups is 3. The van der Waals surface area contributed by atoms with Gasteiger partial charge in [-0.05, 0) is 31.2 Å². The molecule has 124 valence electrons. The molecule has 7 nitrogen and oxygen atoms in total. The van der Waals surface area contributed by atoms with Crippen LogP contribution in [0.25, 0.3) is 0 Å². The highest BCUT2D eigenvalue weighted by atomic mass is 32.2. The first-order chi connectivity index (χ1) is 11.1. The summed E-state index contributed by atoms with van der Waals surface area (Å²) in [5.74, 6) is 0.349. The summed E-state index contributed by atoms with van der Waals surface area (Å²) < 4.78 is 10.2. The van der Waals surface area contributed by atoms with Crippen LogP contribution in [-0.2, 0) is 14.3 Å². The molecule has 0 aromatic heterocycles. The zero-order valence-corrected chi connectivity index (χ0v) is 13.6. The monoisotopic (exact) mass is 338 g/mol. The number of thioether (sulfide) groups is 1. The van der Waals surface area contributed by atoms with E-state index >= 15 is 0 Å². The van der Waals surface area contributed by atoms with Gasteiger partial charge >= 0.3 is 5.97 Å². The van der Waals surface area contributed by atoms with Crippen LogP contribution in [0.2, 0.25) is 0 Å². The van der Waals surface area contributed by atoms with E-state index in [0.29, 0.717) is 30.3 Å². The summed E-state index contributed by atoms with van der Waals surface area (Å²) in [5, 5.41) is 2.47. The molecule has 1 aromatic rings. The van der Waals surface area contributed by atoms with Gasteiger partial charge in [0.1, 0.15) is 12.3 Å². The van der Waals surface area contributed by atoms with Gasteiger partial charge in [-0.2, -0.15) is 0 Å². The van der Waals surface area contributed by atoms with Crippen LogP contribution in [0.5, 0.6) is 5.75 Å². The number of rotatable bonds is 7. The SMILES string of the molecule is CCOc1ccc(NC(=O)COC(=O)CN2CCSC2=O)cc1. The highest BCUT2D eigenvalue weighted by Crippen LogP contribution is 2.17. The first kappa shape index (κ1) is 17.1. The molecule has 0 saturated carbocycles. The van der Waals surface area contributed by atoms with Crippen molar-refractivity contribution < 1.29 is 23.9 Å². The van der Waals surface area contributed by atoms with E-state index in [1.165, 1.54) is 16.7 Å². The van der Waals surface area contributed by atoms with Crippen molar-refractivity contribution in [2.75, 3.05) is 37.4 Å². The summed E-state index contributed by atoms with van der Waals surface area (Å²) in [4.78, 5) is 36.1. The Balaban J connectivity index is 1.71. The van der Waals surface area contributed by atoms with E-state index in [4.69, 9.17) is 9.47 Å². The summed E-state index contributed by atoms with van der Waals surface area (Å²) in [6.45, 7) is 2.47. The molecule has 0 radical (unpaired) electrons. The van der Waals surface area contributed by atoms with Crippen molar-refractivity contribution in [3.63, 3.8) is 0 Å². The largest absolute Gasteiger partial charge is 0.494 e. The minimum Gasteiger partial charge on any atom is -0.494 e. The molecule has 0 spiro atoms. The van der Waals surface area contributed by atoms with Crippen LogP contribution >= 0.6 is 11.8 Å². The van der Waals surface area contributed by atoms with Gasteiger partial charge in [0.15, 0.2) is 6.61 Å². The van der Waals surface area contributed by atoms with Crippen molar-refractivity contribution >= 4 is 34.6 Å². The second-order valence-corrected chi connectivity index (χ2v) is 5.75. The predicted molar refractivity (Wildman–Crippen MR) is 86.6 cm³/mol. The summed E-state index contributed by atoms with van der Waals surface area (Å²) >= 11 is 1.17. The van der Waals surface area contributed by atoms with Crippen LogP contribution in [0.4, 0.5) is 10.5 Å². The minimum atomic E-state index is -0.595. The smallest absolute Gasteiger partial charge is 0.326 e. The molecule has 2 amide bonds. The molecular formula is C15H18N2O5S. The number of carbonyl (C=O) groups excluding carboxylic acids is 3. The van der Waals surface area contributed by atoms with Gasteiger partial charge in [0, 0.05) is 18.0 Å². The lowest BCUT2D eigenvalue weighted by Crippen LogP contribution is -2.32. The Morgan fingerprint density at radius 1 is 1.30 bits per heavy atom. The number of nitrogens with zero attached hydrogens (tertiary/aromatic N) is 1. The fourth-order valence-corrected chi connectivity index (χ4v) is 2.74. The molecule has 2 rings (SSSR count). The third-order valence-corrected chi connectivity index (χ3v) is 3.87. The summed E-state index contributed by atoms with van der Waals surface area (Å²) in [5.41, 5.74) is 0.584. The third-order valence-electron chi connectivity index (χ3n) is 2.98. The Labute approximate surface area is 138 Å². The fraction of sp³-hybridized carbons (Fsp3) is 0.400. The number of esters is 1. The molecule has 1 aliphatic rings. The maximum Gasteiger partial charge on any atom is 0.326 e. The van der Waals surface area contributed by atoms with E-state index in [9.17, 15) is 14.4 Å². The Bertz CT molecular complexity index is 576. The molecule has 1 N–H and O–H groups in total. The molecule has 1 aliphatic heterocycles. The molecule has 1 saturated heterocycles. The van der Waals surface area contributed by atoms with E-state index in [1.54, 1.807) is 24.3 Å². The molecule has 0 unspecified atom stereocenters. The van der Waals surface area contributed by atoms with Gasteiger partial charge in [0.25, 0.3) is 11.1 Å². The van der Waals surface area contributed by atoms with Crippen molar-refractivity contribution in [2.24, 2.45) is 0 Å². The Morgan fingerprint density at radius 3 is 2.65 bits per heavy atom. The number of nitrogens with one attached hydrogen (secondary N) is 1. The van der Waals surface area contributed by atoms with Gasteiger partial charge in [-0.1, -0.05) is 11.8 Å². The van der Waals surface area contributed by atoms with E-state index in [-0.39, 0.29) is 18.4 Å². The second-order valence-electron chi connectivity index (χ2n) is 4.70. The lowest BCUT2D eigenvalue weighted by atomic mass is 10.3. The number of benzene rings is 1. The van der Waals surface area contributed by atoms with Gasteiger partial charge in [-0.15, -0.1) is 0 Å². The molecule has 0 bridgehead atoms. The van der Waals surface area contributed by atoms with Crippen LogP contribution in [-0.4, -0.2) is 54.1 Å². The molecule has 1 aromatic carbocycles. The van der Waals surface area contributed by atoms with E-state index in [2.05, 4.69) is 5.32 Å². The topological polar surface area (TPSA) is 84.9 Å². The minimum absolute atomic E-state index is 0.123. The van der Waals surface area contributed by atoms with Crippen LogP contribution in [0.3, 0.4) is 0 Å². The van der Waals surface area contributed by atoms with Crippen molar-refractivity contribution in [3.05, 3.63) is 24.3 Å². The van der Waals surface area contributed by atoms with Gasteiger partial charge in [0.05, 0.1) is 6.61 Å². The number of hydrogen-bond acceptors (Lipinski definition) is 6. The Kier molecular flexibility index (Phi) is 6.28. The molecule has 23 heavy (non-hydrogen) atoms. The van der Waals surface area contributed by atoms with Crippen molar-refractivity contribution in [1.82, 2.24) is 4.90 Å². The van der Waals surface area contributed by atoms with Crippen LogP contribution < -0.4 is 10.1 Å². The Morgan fingerprint density at radius 2 is 2.04 bits per heavy atom. The average Bonchev–Trinajstić information content (AvgIpc) is 2.93. The molecule has 0 atom stereocenters. The maximum atomic E-state index is 11.7. The first-order valence-electron chi connectivity index (χ1n) is 7.18. The summed E-state index contributed by atoms with van der Waals surface area (Å²) in [7, 11) is 0. The van der Waals surface area contributed by atoms with E-state index in [1.807, 2.05) is 6.92 Å². The first-order valence-corrected chi connectivity index (χ1v) is 8.17. The molecule has 8 heteroatoms. The zero-order valence-electron chi connectivity index (χ0n) is 12.7. The van der Waals surface area contributed by atoms with Gasteiger partial charge in [0.2, 0.25) is 0 Å². The van der Waals surface area contributed by atoms with Crippen LogP contribution in [0.15, 0.2) is 24.3 Å². The summed E-state index contributed by atoms with van der Waals surface area (Å²) in [6.07, 6.45) is 0. The quantitative estimate of drug-likeness (QED) is 0.762. The zero-order chi connectivity index (χ0) is 16.7. The fourth-order valence-electron chi connectivity index (χ4n) is 1.92. The van der Waals surface area contributed by atoms with Crippen LogP contribution in [0, 0.1) is 0 Å². The van der Waals surface area contributed by atoms with Gasteiger partial charge in [-0.25, -0.2) is 0 Å². The number of anilines is 1. The molecule has 1 fully saturated rings. The average molecular weight is 338 g/mol. The highest BCUT2D eigenvalue weighted by molar-refractivity contribution is 8.13. The van der Waals surface area contributed by atoms with Gasteiger partial charge in [-0.3, -0.25) is 14.4 Å². The highest BCUT2D eigenvalue weighted by Gasteiger charge is 2.24.